The van der Waals surface area contributed by atoms with Crippen LogP contribution in [0.3, 0.4) is 0 Å². The summed E-state index contributed by atoms with van der Waals surface area (Å²) in [5.74, 6) is -0.0947. The third-order valence-electron chi connectivity index (χ3n) is 3.08. The summed E-state index contributed by atoms with van der Waals surface area (Å²) in [5, 5.41) is 3.11. The van der Waals surface area contributed by atoms with Gasteiger partial charge >= 0.3 is 0 Å². The van der Waals surface area contributed by atoms with Crippen molar-refractivity contribution in [2.24, 2.45) is 0 Å². The molecule has 0 saturated carbocycles. The second-order valence-electron chi connectivity index (χ2n) is 4.32. The largest absolute Gasteiger partial charge is 0.494 e. The minimum absolute atomic E-state index is 0.247. The fourth-order valence-electron chi connectivity index (χ4n) is 2.06. The molecule has 0 aliphatic rings. The second kappa shape index (κ2) is 5.80. The highest BCUT2D eigenvalue weighted by Gasteiger charge is 2.18. The van der Waals surface area contributed by atoms with Gasteiger partial charge in [0.1, 0.15) is 0 Å². The summed E-state index contributed by atoms with van der Waals surface area (Å²) in [6.45, 7) is 1.92. The van der Waals surface area contributed by atoms with E-state index in [0.717, 1.165) is 11.3 Å². The van der Waals surface area contributed by atoms with Gasteiger partial charge in [-0.2, -0.15) is 0 Å². The van der Waals surface area contributed by atoms with Crippen molar-refractivity contribution < 1.29 is 9.13 Å². The summed E-state index contributed by atoms with van der Waals surface area (Å²) in [6, 6.07) is 8.75. The molecular formula is C15H17FN2O. The molecule has 3 nitrogen and oxygen atoms in total. The maximum absolute atomic E-state index is 14.3. The molecule has 2 rings (SSSR count). The smallest absolute Gasteiger partial charge is 0.170 e. The van der Waals surface area contributed by atoms with Crippen LogP contribution < -0.4 is 10.1 Å². The summed E-state index contributed by atoms with van der Waals surface area (Å²) in [5.41, 5.74) is 2.40. The van der Waals surface area contributed by atoms with Crippen LogP contribution in [-0.2, 0) is 0 Å². The van der Waals surface area contributed by atoms with Crippen LogP contribution in [0.2, 0.25) is 0 Å². The Morgan fingerprint density at radius 2 is 2.05 bits per heavy atom. The summed E-state index contributed by atoms with van der Waals surface area (Å²) < 4.78 is 19.3. The monoisotopic (exact) mass is 260 g/mol. The van der Waals surface area contributed by atoms with E-state index in [2.05, 4.69) is 10.3 Å². The number of nitrogens with one attached hydrogen (secondary N) is 1. The van der Waals surface area contributed by atoms with Crippen LogP contribution >= 0.6 is 0 Å². The number of methoxy groups -OCH3 is 1. The molecule has 1 aromatic carbocycles. The first-order valence-electron chi connectivity index (χ1n) is 6.09. The van der Waals surface area contributed by atoms with Crippen molar-refractivity contribution in [2.75, 3.05) is 14.2 Å². The lowest BCUT2D eigenvalue weighted by Gasteiger charge is -2.18. The molecule has 0 amide bonds. The van der Waals surface area contributed by atoms with Crippen LogP contribution in [0.5, 0.6) is 5.75 Å². The molecule has 4 heteroatoms. The molecule has 0 spiro atoms. The molecule has 1 aromatic heterocycles. The van der Waals surface area contributed by atoms with Crippen LogP contribution in [0.4, 0.5) is 4.39 Å². The first kappa shape index (κ1) is 13.5. The van der Waals surface area contributed by atoms with Crippen molar-refractivity contribution in [1.82, 2.24) is 10.3 Å². The molecular weight excluding hydrogens is 243 g/mol. The third-order valence-corrected chi connectivity index (χ3v) is 3.08. The Labute approximate surface area is 112 Å². The molecule has 2 aromatic rings. The lowest BCUT2D eigenvalue weighted by molar-refractivity contribution is 0.382. The molecule has 1 heterocycles. The van der Waals surface area contributed by atoms with Gasteiger partial charge in [-0.25, -0.2) is 4.39 Å². The lowest BCUT2D eigenvalue weighted by atomic mass is 9.99. The molecule has 0 saturated heterocycles. The van der Waals surface area contributed by atoms with Gasteiger partial charge in [0.15, 0.2) is 11.6 Å². The van der Waals surface area contributed by atoms with Gasteiger partial charge in [-0.15, -0.1) is 0 Å². The predicted octanol–water partition coefficient (Wildman–Crippen LogP) is 2.85. The normalized spacial score (nSPS) is 12.2. The van der Waals surface area contributed by atoms with Crippen molar-refractivity contribution in [3.05, 3.63) is 59.2 Å². The third kappa shape index (κ3) is 2.74. The van der Waals surface area contributed by atoms with E-state index >= 15 is 0 Å². The number of pyridine rings is 1. The van der Waals surface area contributed by atoms with Crippen LogP contribution in [-0.4, -0.2) is 19.1 Å². The second-order valence-corrected chi connectivity index (χ2v) is 4.32. The van der Waals surface area contributed by atoms with E-state index in [-0.39, 0.29) is 17.6 Å². The summed E-state index contributed by atoms with van der Waals surface area (Å²) in [6.07, 6.45) is 1.76. The van der Waals surface area contributed by atoms with Crippen molar-refractivity contribution in [3.63, 3.8) is 0 Å². The Kier molecular flexibility index (Phi) is 4.12. The Bertz CT molecular complexity index is 555. The van der Waals surface area contributed by atoms with Gasteiger partial charge in [-0.1, -0.05) is 18.2 Å². The lowest BCUT2D eigenvalue weighted by Crippen LogP contribution is -2.19. The maximum Gasteiger partial charge on any atom is 0.170 e. The average molecular weight is 260 g/mol. The molecule has 19 heavy (non-hydrogen) atoms. The average Bonchev–Trinajstić information content (AvgIpc) is 2.43. The Hall–Kier alpha value is -1.94. The Morgan fingerprint density at radius 3 is 2.63 bits per heavy atom. The quantitative estimate of drug-likeness (QED) is 0.918. The minimum Gasteiger partial charge on any atom is -0.494 e. The number of rotatable bonds is 4. The number of aromatic nitrogens is 1. The number of benzene rings is 1. The Balaban J connectivity index is 2.45. The number of hydrogen-bond acceptors (Lipinski definition) is 3. The van der Waals surface area contributed by atoms with Crippen molar-refractivity contribution in [3.8, 4) is 5.75 Å². The highest BCUT2D eigenvalue weighted by Crippen LogP contribution is 2.28. The van der Waals surface area contributed by atoms with Gasteiger partial charge in [-0.05, 0) is 31.7 Å². The zero-order valence-corrected chi connectivity index (χ0v) is 11.3. The van der Waals surface area contributed by atoms with E-state index in [9.17, 15) is 4.39 Å². The van der Waals surface area contributed by atoms with E-state index < -0.39 is 0 Å². The number of aryl methyl sites for hydroxylation is 1. The van der Waals surface area contributed by atoms with E-state index in [0.29, 0.717) is 5.56 Å². The van der Waals surface area contributed by atoms with E-state index in [1.807, 2.05) is 19.1 Å². The number of halogens is 1. The van der Waals surface area contributed by atoms with Gasteiger partial charge in [0.25, 0.3) is 0 Å². The van der Waals surface area contributed by atoms with Crippen LogP contribution in [0, 0.1) is 12.7 Å². The molecule has 0 aliphatic carbocycles. The number of ether oxygens (including phenoxy) is 1. The van der Waals surface area contributed by atoms with Gasteiger partial charge in [0, 0.05) is 17.5 Å². The number of nitrogens with zero attached hydrogens (tertiary/aromatic N) is 1. The molecule has 0 aliphatic heterocycles. The highest BCUT2D eigenvalue weighted by molar-refractivity contribution is 5.37. The molecule has 1 atom stereocenters. The fraction of sp³-hybridized carbons (Fsp3) is 0.267. The topological polar surface area (TPSA) is 34.2 Å². The Morgan fingerprint density at radius 1 is 1.26 bits per heavy atom. The highest BCUT2D eigenvalue weighted by atomic mass is 19.1. The maximum atomic E-state index is 14.3. The van der Waals surface area contributed by atoms with Gasteiger partial charge in [0.2, 0.25) is 0 Å². The van der Waals surface area contributed by atoms with Gasteiger partial charge in [-0.3, -0.25) is 4.98 Å². The molecule has 0 fully saturated rings. The van der Waals surface area contributed by atoms with Gasteiger partial charge < -0.3 is 10.1 Å². The first-order valence-corrected chi connectivity index (χ1v) is 6.09. The SMILES string of the molecule is CNC(c1ccc(C)nc1)c1cccc(OC)c1F. The van der Waals surface area contributed by atoms with E-state index in [1.54, 1.807) is 31.4 Å². The van der Waals surface area contributed by atoms with Crippen molar-refractivity contribution >= 4 is 0 Å². The van der Waals surface area contributed by atoms with Crippen LogP contribution in [0.25, 0.3) is 0 Å². The summed E-state index contributed by atoms with van der Waals surface area (Å²) in [4.78, 5) is 4.25. The predicted molar refractivity (Wildman–Crippen MR) is 72.8 cm³/mol. The zero-order valence-electron chi connectivity index (χ0n) is 11.3. The standard InChI is InChI=1S/C15H17FN2O/c1-10-7-8-11(9-18-10)15(17-2)12-5-4-6-13(19-3)14(12)16/h4-9,15,17H,1-3H3. The minimum atomic E-state index is -0.343. The van der Waals surface area contributed by atoms with Crippen molar-refractivity contribution in [1.29, 1.82) is 0 Å². The molecule has 0 bridgehead atoms. The molecule has 1 N–H and O–H groups in total. The molecule has 1 unspecified atom stereocenters. The fourth-order valence-corrected chi connectivity index (χ4v) is 2.06. The first-order chi connectivity index (χ1) is 9.17. The number of hydrogen-bond donors (Lipinski definition) is 1. The summed E-state index contributed by atoms with van der Waals surface area (Å²) in [7, 11) is 3.26. The zero-order chi connectivity index (χ0) is 13.8. The van der Waals surface area contributed by atoms with Crippen molar-refractivity contribution in [2.45, 2.75) is 13.0 Å². The summed E-state index contributed by atoms with van der Waals surface area (Å²) >= 11 is 0. The van der Waals surface area contributed by atoms with Crippen LogP contribution in [0.15, 0.2) is 36.5 Å². The van der Waals surface area contributed by atoms with Crippen LogP contribution in [0.1, 0.15) is 22.9 Å². The molecule has 100 valence electrons. The molecule has 0 radical (unpaired) electrons. The van der Waals surface area contributed by atoms with E-state index in [1.165, 1.54) is 7.11 Å². The van der Waals surface area contributed by atoms with Gasteiger partial charge in [0.05, 0.1) is 13.2 Å². The van der Waals surface area contributed by atoms with E-state index in [4.69, 9.17) is 4.74 Å².